The van der Waals surface area contributed by atoms with Gasteiger partial charge in [-0.15, -0.1) is 0 Å². The summed E-state index contributed by atoms with van der Waals surface area (Å²) in [6, 6.07) is 39.6. The first-order chi connectivity index (χ1) is 19.4. The zero-order valence-corrected chi connectivity index (χ0v) is 23.5. The van der Waals surface area contributed by atoms with Crippen molar-refractivity contribution in [3.05, 3.63) is 126 Å². The van der Waals surface area contributed by atoms with Gasteiger partial charge in [-0.3, -0.25) is 4.57 Å². The molecular weight excluding hydrogens is 488 g/mol. The van der Waals surface area contributed by atoms with E-state index in [9.17, 15) is 5.11 Å². The molecule has 0 bridgehead atoms. The Morgan fingerprint density at radius 1 is 0.575 bits per heavy atom. The van der Waals surface area contributed by atoms with Gasteiger partial charge in [-0.1, -0.05) is 113 Å². The lowest BCUT2D eigenvalue weighted by atomic mass is 9.88. The Balaban J connectivity index is 1.75. The summed E-state index contributed by atoms with van der Waals surface area (Å²) < 4.78 is 2.29. The van der Waals surface area contributed by atoms with Gasteiger partial charge in [0.15, 0.2) is 0 Å². The second-order valence-electron chi connectivity index (χ2n) is 11.0. The molecule has 6 rings (SSSR count). The van der Waals surface area contributed by atoms with Gasteiger partial charge >= 0.3 is 0 Å². The minimum atomic E-state index is 0.221. The largest absolute Gasteiger partial charge is 0.507 e. The molecule has 1 aromatic heterocycles. The molecule has 3 heteroatoms. The number of fused-ring (bicyclic) bond motifs is 1. The van der Waals surface area contributed by atoms with Crippen molar-refractivity contribution in [3.63, 3.8) is 0 Å². The van der Waals surface area contributed by atoms with E-state index in [1.165, 1.54) is 22.3 Å². The fraction of sp³-hybridized carbons (Fsp3) is 0.162. The van der Waals surface area contributed by atoms with Crippen LogP contribution in [0.15, 0.2) is 115 Å². The molecule has 0 spiro atoms. The number of nitrogens with zero attached hydrogens (tertiary/aromatic N) is 2. The number of aromatic hydroxyl groups is 1. The molecule has 6 aromatic rings. The molecule has 198 valence electrons. The molecular formula is C37H34N2O. The summed E-state index contributed by atoms with van der Waals surface area (Å²) in [6.07, 6.45) is 0. The van der Waals surface area contributed by atoms with Crippen LogP contribution in [0, 0.1) is 0 Å². The molecule has 0 saturated heterocycles. The normalized spacial score (nSPS) is 11.6. The molecule has 0 aliphatic carbocycles. The van der Waals surface area contributed by atoms with Crippen molar-refractivity contribution in [2.24, 2.45) is 0 Å². The topological polar surface area (TPSA) is 38.0 Å². The molecule has 0 fully saturated rings. The molecule has 3 nitrogen and oxygen atoms in total. The summed E-state index contributed by atoms with van der Waals surface area (Å²) in [5.74, 6) is 1.50. The van der Waals surface area contributed by atoms with Crippen molar-refractivity contribution in [1.29, 1.82) is 0 Å². The molecule has 0 radical (unpaired) electrons. The van der Waals surface area contributed by atoms with Crippen LogP contribution in [0.3, 0.4) is 0 Å². The van der Waals surface area contributed by atoms with Gasteiger partial charge in [-0.25, -0.2) is 4.98 Å². The highest BCUT2D eigenvalue weighted by atomic mass is 16.3. The zero-order valence-electron chi connectivity index (χ0n) is 23.5. The summed E-state index contributed by atoms with van der Waals surface area (Å²) in [7, 11) is 0. The number of benzene rings is 5. The Morgan fingerprint density at radius 3 is 1.73 bits per heavy atom. The first-order valence-corrected chi connectivity index (χ1v) is 14.0. The number of rotatable bonds is 6. The lowest BCUT2D eigenvalue weighted by molar-refractivity contribution is 0.477. The molecule has 0 amide bonds. The lowest BCUT2D eigenvalue weighted by Crippen LogP contribution is -2.09. The van der Waals surface area contributed by atoms with E-state index in [0.717, 1.165) is 33.7 Å². The molecule has 0 saturated carbocycles. The number of imidazole rings is 1. The number of phenols is 1. The summed E-state index contributed by atoms with van der Waals surface area (Å²) in [5, 5.41) is 11.0. The highest BCUT2D eigenvalue weighted by molar-refractivity contribution is 5.96. The Kier molecular flexibility index (Phi) is 6.73. The molecule has 0 atom stereocenters. The lowest BCUT2D eigenvalue weighted by Gasteiger charge is -2.24. The third-order valence-electron chi connectivity index (χ3n) is 7.66. The quantitative estimate of drug-likeness (QED) is 0.236. The number of phenolic OH excluding ortho intramolecular Hbond substituents is 1. The molecule has 1 heterocycles. The van der Waals surface area contributed by atoms with Crippen LogP contribution in [-0.2, 0) is 0 Å². The fourth-order valence-corrected chi connectivity index (χ4v) is 5.64. The zero-order chi connectivity index (χ0) is 27.8. The number of aromatic nitrogens is 2. The van der Waals surface area contributed by atoms with E-state index in [1.54, 1.807) is 6.07 Å². The SMILES string of the molecule is CC(C)c1cc(-c2ccccc2)cc(C(C)C)c1-n1c(-c2ccccc2O)nc2c(-c3ccccc3)cccc21. The Morgan fingerprint density at radius 2 is 1.12 bits per heavy atom. The summed E-state index contributed by atoms with van der Waals surface area (Å²) in [5.41, 5.74) is 10.9. The predicted molar refractivity (Wildman–Crippen MR) is 167 cm³/mol. The van der Waals surface area contributed by atoms with Crippen LogP contribution in [0.4, 0.5) is 0 Å². The van der Waals surface area contributed by atoms with Gasteiger partial charge in [0.2, 0.25) is 0 Å². The second kappa shape index (κ2) is 10.5. The van der Waals surface area contributed by atoms with Gasteiger partial charge in [0.1, 0.15) is 11.6 Å². The van der Waals surface area contributed by atoms with Crippen molar-refractivity contribution in [2.75, 3.05) is 0 Å². The molecule has 5 aromatic carbocycles. The maximum Gasteiger partial charge on any atom is 0.149 e. The summed E-state index contributed by atoms with van der Waals surface area (Å²) in [6.45, 7) is 9.02. The van der Waals surface area contributed by atoms with Crippen LogP contribution >= 0.6 is 0 Å². The van der Waals surface area contributed by atoms with Gasteiger partial charge < -0.3 is 5.11 Å². The van der Waals surface area contributed by atoms with Crippen molar-refractivity contribution in [2.45, 2.75) is 39.5 Å². The number of para-hydroxylation sites is 2. The van der Waals surface area contributed by atoms with Crippen LogP contribution in [0.25, 0.3) is 50.4 Å². The first kappa shape index (κ1) is 25.6. The van der Waals surface area contributed by atoms with E-state index in [-0.39, 0.29) is 17.6 Å². The third kappa shape index (κ3) is 4.48. The van der Waals surface area contributed by atoms with Crippen molar-refractivity contribution in [1.82, 2.24) is 9.55 Å². The van der Waals surface area contributed by atoms with E-state index in [2.05, 4.69) is 117 Å². The standard InChI is InChI=1S/C37H34N2O/c1-24(2)31-22-28(26-14-7-5-8-15-26)23-32(25(3)4)36(31)39-33-20-13-19-29(27-16-9-6-10-17-27)35(33)38-37(39)30-18-11-12-21-34(30)40/h5-25,40H,1-4H3. The smallest absolute Gasteiger partial charge is 0.149 e. The molecule has 0 unspecified atom stereocenters. The van der Waals surface area contributed by atoms with E-state index in [0.29, 0.717) is 5.56 Å². The average Bonchev–Trinajstić information content (AvgIpc) is 3.36. The monoisotopic (exact) mass is 522 g/mol. The van der Waals surface area contributed by atoms with Gasteiger partial charge in [-0.05, 0) is 70.0 Å². The summed E-state index contributed by atoms with van der Waals surface area (Å²) in [4.78, 5) is 5.28. The van der Waals surface area contributed by atoms with Gasteiger partial charge in [0, 0.05) is 5.56 Å². The van der Waals surface area contributed by atoms with Crippen LogP contribution in [0.1, 0.15) is 50.7 Å². The Labute approximate surface area is 236 Å². The van der Waals surface area contributed by atoms with Crippen LogP contribution in [0.2, 0.25) is 0 Å². The molecule has 0 aliphatic rings. The highest BCUT2D eigenvalue weighted by Crippen LogP contribution is 2.42. The Hall–Kier alpha value is -4.63. The molecule has 0 aliphatic heterocycles. The second-order valence-corrected chi connectivity index (χ2v) is 11.0. The van der Waals surface area contributed by atoms with Crippen molar-refractivity contribution < 1.29 is 5.11 Å². The predicted octanol–water partition coefficient (Wildman–Crippen LogP) is 9.98. The fourth-order valence-electron chi connectivity index (χ4n) is 5.64. The van der Waals surface area contributed by atoms with E-state index >= 15 is 0 Å². The van der Waals surface area contributed by atoms with Crippen molar-refractivity contribution >= 4 is 11.0 Å². The first-order valence-electron chi connectivity index (χ1n) is 14.0. The summed E-state index contributed by atoms with van der Waals surface area (Å²) >= 11 is 0. The average molecular weight is 523 g/mol. The Bertz CT molecular complexity index is 1770. The van der Waals surface area contributed by atoms with E-state index < -0.39 is 0 Å². The van der Waals surface area contributed by atoms with E-state index in [1.807, 2.05) is 24.3 Å². The maximum atomic E-state index is 11.0. The van der Waals surface area contributed by atoms with Gasteiger partial charge in [-0.2, -0.15) is 0 Å². The number of hydrogen-bond acceptors (Lipinski definition) is 2. The minimum absolute atomic E-state index is 0.221. The van der Waals surface area contributed by atoms with Gasteiger partial charge in [0.25, 0.3) is 0 Å². The van der Waals surface area contributed by atoms with Crippen molar-refractivity contribution in [3.8, 4) is 45.1 Å². The van der Waals surface area contributed by atoms with Crippen LogP contribution < -0.4 is 0 Å². The van der Waals surface area contributed by atoms with Crippen LogP contribution in [-0.4, -0.2) is 14.7 Å². The minimum Gasteiger partial charge on any atom is -0.507 e. The van der Waals surface area contributed by atoms with E-state index in [4.69, 9.17) is 4.98 Å². The third-order valence-corrected chi connectivity index (χ3v) is 7.66. The molecule has 1 N–H and O–H groups in total. The van der Waals surface area contributed by atoms with Crippen LogP contribution in [0.5, 0.6) is 5.75 Å². The van der Waals surface area contributed by atoms with Gasteiger partial charge in [0.05, 0.1) is 22.3 Å². The maximum absolute atomic E-state index is 11.0. The molecule has 40 heavy (non-hydrogen) atoms. The highest BCUT2D eigenvalue weighted by Gasteiger charge is 2.25. The number of hydrogen-bond donors (Lipinski definition) is 1.